The minimum atomic E-state index is -0.330. The summed E-state index contributed by atoms with van der Waals surface area (Å²) in [5.41, 5.74) is 0.386. The Morgan fingerprint density at radius 3 is 2.56 bits per heavy atom. The Hall–Kier alpha value is -1.23. The number of aryl methyl sites for hydroxylation is 1. The number of ether oxygens (including phenoxy) is 1. The largest absolute Gasteiger partial charge is 0.372 e. The van der Waals surface area contributed by atoms with Gasteiger partial charge in [0.25, 0.3) is 0 Å². The summed E-state index contributed by atoms with van der Waals surface area (Å²) in [5.74, 6) is 0.0540. The van der Waals surface area contributed by atoms with Gasteiger partial charge in [-0.2, -0.15) is 0 Å². The van der Waals surface area contributed by atoms with E-state index in [1.54, 1.807) is 6.92 Å². The molecule has 2 heterocycles. The molecule has 0 radical (unpaired) electrons. The van der Waals surface area contributed by atoms with Gasteiger partial charge in [0.1, 0.15) is 6.33 Å². The molecule has 0 spiro atoms. The summed E-state index contributed by atoms with van der Waals surface area (Å²) >= 11 is 0. The molecule has 0 saturated carbocycles. The first kappa shape index (κ1) is 11.3. The van der Waals surface area contributed by atoms with Crippen LogP contribution in [-0.4, -0.2) is 35.3 Å². The summed E-state index contributed by atoms with van der Waals surface area (Å²) < 4.78 is 19.4. The molecule has 0 aliphatic carbocycles. The standard InChI is InChI=1S/C11H16FN3O/c1-7-4-15(5-8(2)16-7)11-10(12)9(3)13-6-14-11/h6-8H,4-5H2,1-3H3. The van der Waals surface area contributed by atoms with E-state index in [0.717, 1.165) is 0 Å². The van der Waals surface area contributed by atoms with Crippen LogP contribution in [0.1, 0.15) is 19.5 Å². The van der Waals surface area contributed by atoms with Gasteiger partial charge in [0.05, 0.1) is 17.9 Å². The van der Waals surface area contributed by atoms with Gasteiger partial charge in [0, 0.05) is 13.1 Å². The third-order valence-electron chi connectivity index (χ3n) is 2.66. The maximum Gasteiger partial charge on any atom is 0.186 e. The van der Waals surface area contributed by atoms with Crippen molar-refractivity contribution in [3.05, 3.63) is 17.8 Å². The van der Waals surface area contributed by atoms with Crippen LogP contribution in [-0.2, 0) is 4.74 Å². The molecule has 0 bridgehead atoms. The molecule has 1 aliphatic heterocycles. The Balaban J connectivity index is 2.26. The zero-order valence-corrected chi connectivity index (χ0v) is 9.77. The number of rotatable bonds is 1. The highest BCUT2D eigenvalue weighted by molar-refractivity contribution is 5.41. The zero-order chi connectivity index (χ0) is 11.7. The predicted octanol–water partition coefficient (Wildman–Crippen LogP) is 1.54. The van der Waals surface area contributed by atoms with Gasteiger partial charge in [0.2, 0.25) is 0 Å². The molecule has 1 aromatic heterocycles. The lowest BCUT2D eigenvalue weighted by Crippen LogP contribution is -2.46. The molecule has 2 unspecified atom stereocenters. The number of halogens is 1. The molecule has 1 aliphatic rings. The summed E-state index contributed by atoms with van der Waals surface area (Å²) in [6.07, 6.45) is 1.59. The second-order valence-corrected chi connectivity index (χ2v) is 4.26. The fourth-order valence-corrected chi connectivity index (χ4v) is 2.02. The second kappa shape index (κ2) is 4.33. The van der Waals surface area contributed by atoms with Gasteiger partial charge < -0.3 is 9.64 Å². The van der Waals surface area contributed by atoms with Crippen LogP contribution < -0.4 is 4.90 Å². The van der Waals surface area contributed by atoms with Crippen molar-refractivity contribution in [3.63, 3.8) is 0 Å². The molecular weight excluding hydrogens is 209 g/mol. The summed E-state index contributed by atoms with van der Waals surface area (Å²) in [7, 11) is 0. The highest BCUT2D eigenvalue weighted by Gasteiger charge is 2.25. The highest BCUT2D eigenvalue weighted by atomic mass is 19.1. The minimum absolute atomic E-state index is 0.0958. The van der Waals surface area contributed by atoms with Gasteiger partial charge in [-0.3, -0.25) is 0 Å². The van der Waals surface area contributed by atoms with Crippen LogP contribution in [0.3, 0.4) is 0 Å². The lowest BCUT2D eigenvalue weighted by Gasteiger charge is -2.36. The monoisotopic (exact) mass is 225 g/mol. The normalized spacial score (nSPS) is 25.9. The number of aromatic nitrogens is 2. The van der Waals surface area contributed by atoms with Crippen molar-refractivity contribution in [1.29, 1.82) is 0 Å². The molecule has 0 amide bonds. The Morgan fingerprint density at radius 1 is 1.31 bits per heavy atom. The Morgan fingerprint density at radius 2 is 1.94 bits per heavy atom. The highest BCUT2D eigenvalue weighted by Crippen LogP contribution is 2.21. The van der Waals surface area contributed by atoms with Gasteiger partial charge in [-0.1, -0.05) is 0 Å². The second-order valence-electron chi connectivity index (χ2n) is 4.26. The molecule has 1 aromatic rings. The van der Waals surface area contributed by atoms with Gasteiger partial charge in [0.15, 0.2) is 11.6 Å². The van der Waals surface area contributed by atoms with Gasteiger partial charge in [-0.15, -0.1) is 0 Å². The lowest BCUT2D eigenvalue weighted by molar-refractivity contribution is -0.00567. The summed E-state index contributed by atoms with van der Waals surface area (Å²) in [5, 5.41) is 0. The quantitative estimate of drug-likeness (QED) is 0.726. The van der Waals surface area contributed by atoms with Crippen molar-refractivity contribution in [1.82, 2.24) is 9.97 Å². The fraction of sp³-hybridized carbons (Fsp3) is 0.636. The summed E-state index contributed by atoms with van der Waals surface area (Å²) in [6.45, 7) is 6.94. The molecule has 2 atom stereocenters. The van der Waals surface area contributed by atoms with Crippen LogP contribution in [0.15, 0.2) is 6.33 Å². The van der Waals surface area contributed by atoms with Crippen molar-refractivity contribution in [2.75, 3.05) is 18.0 Å². The van der Waals surface area contributed by atoms with Crippen LogP contribution in [0, 0.1) is 12.7 Å². The molecule has 2 rings (SSSR count). The molecule has 5 heteroatoms. The molecule has 16 heavy (non-hydrogen) atoms. The maximum absolute atomic E-state index is 13.8. The van der Waals surface area contributed by atoms with E-state index in [1.807, 2.05) is 18.7 Å². The van der Waals surface area contributed by atoms with E-state index in [-0.39, 0.29) is 18.0 Å². The molecule has 1 fully saturated rings. The average Bonchev–Trinajstić information content (AvgIpc) is 2.20. The third-order valence-corrected chi connectivity index (χ3v) is 2.66. The van der Waals surface area contributed by atoms with E-state index in [4.69, 9.17) is 4.74 Å². The fourth-order valence-electron chi connectivity index (χ4n) is 2.02. The molecule has 4 nitrogen and oxygen atoms in total. The van der Waals surface area contributed by atoms with Crippen LogP contribution in [0.25, 0.3) is 0 Å². The Labute approximate surface area is 94.5 Å². The van der Waals surface area contributed by atoms with Crippen LogP contribution in [0.2, 0.25) is 0 Å². The van der Waals surface area contributed by atoms with Crippen molar-refractivity contribution < 1.29 is 9.13 Å². The van der Waals surface area contributed by atoms with E-state index in [2.05, 4.69) is 9.97 Å². The van der Waals surface area contributed by atoms with Crippen LogP contribution in [0.4, 0.5) is 10.2 Å². The van der Waals surface area contributed by atoms with Crippen LogP contribution in [0.5, 0.6) is 0 Å². The van der Waals surface area contributed by atoms with Gasteiger partial charge in [-0.25, -0.2) is 14.4 Å². The molecule has 0 N–H and O–H groups in total. The smallest absolute Gasteiger partial charge is 0.186 e. The maximum atomic E-state index is 13.8. The average molecular weight is 225 g/mol. The summed E-state index contributed by atoms with van der Waals surface area (Å²) in [6, 6.07) is 0. The van der Waals surface area contributed by atoms with Gasteiger partial charge >= 0.3 is 0 Å². The topological polar surface area (TPSA) is 38.2 Å². The molecule has 1 saturated heterocycles. The third kappa shape index (κ3) is 2.14. The number of nitrogens with zero attached hydrogens (tertiary/aromatic N) is 3. The number of hydrogen-bond acceptors (Lipinski definition) is 4. The van der Waals surface area contributed by atoms with E-state index in [1.165, 1.54) is 6.33 Å². The first-order chi connectivity index (χ1) is 7.58. The first-order valence-corrected chi connectivity index (χ1v) is 5.45. The predicted molar refractivity (Wildman–Crippen MR) is 58.9 cm³/mol. The number of anilines is 1. The molecule has 0 aromatic carbocycles. The van der Waals surface area contributed by atoms with Crippen molar-refractivity contribution >= 4 is 5.82 Å². The van der Waals surface area contributed by atoms with Gasteiger partial charge in [-0.05, 0) is 20.8 Å². The molecular formula is C11H16FN3O. The van der Waals surface area contributed by atoms with E-state index in [0.29, 0.717) is 24.6 Å². The van der Waals surface area contributed by atoms with Crippen molar-refractivity contribution in [3.8, 4) is 0 Å². The molecule has 88 valence electrons. The van der Waals surface area contributed by atoms with Crippen molar-refractivity contribution in [2.24, 2.45) is 0 Å². The number of hydrogen-bond donors (Lipinski definition) is 0. The van der Waals surface area contributed by atoms with E-state index in [9.17, 15) is 4.39 Å². The Kier molecular flexibility index (Phi) is 3.05. The van der Waals surface area contributed by atoms with E-state index < -0.39 is 0 Å². The summed E-state index contributed by atoms with van der Waals surface area (Å²) in [4.78, 5) is 9.76. The first-order valence-electron chi connectivity index (χ1n) is 5.45. The minimum Gasteiger partial charge on any atom is -0.372 e. The lowest BCUT2D eigenvalue weighted by atomic mass is 10.2. The number of morpholine rings is 1. The van der Waals surface area contributed by atoms with Crippen LogP contribution >= 0.6 is 0 Å². The Bertz CT molecular complexity index is 375. The van der Waals surface area contributed by atoms with E-state index >= 15 is 0 Å². The zero-order valence-electron chi connectivity index (χ0n) is 9.77. The SMILES string of the molecule is Cc1ncnc(N2CC(C)OC(C)C2)c1F. The van der Waals surface area contributed by atoms with Crippen molar-refractivity contribution in [2.45, 2.75) is 33.0 Å².